The topological polar surface area (TPSA) is 81.3 Å². The van der Waals surface area contributed by atoms with E-state index in [-0.39, 0.29) is 6.61 Å². The Labute approximate surface area is 116 Å². The normalized spacial score (nSPS) is 19.5. The predicted octanol–water partition coefficient (Wildman–Crippen LogP) is 0.773. The van der Waals surface area contributed by atoms with Crippen LogP contribution in [0.15, 0.2) is 6.33 Å². The van der Waals surface area contributed by atoms with Crippen LogP contribution in [0.1, 0.15) is 18.9 Å². The lowest BCUT2D eigenvalue weighted by Crippen LogP contribution is -2.53. The summed E-state index contributed by atoms with van der Waals surface area (Å²) in [6.07, 6.45) is 3.09. The molecule has 7 heteroatoms. The van der Waals surface area contributed by atoms with E-state index in [0.717, 1.165) is 18.4 Å². The van der Waals surface area contributed by atoms with Crippen molar-refractivity contribution in [3.8, 4) is 0 Å². The van der Waals surface area contributed by atoms with Crippen LogP contribution in [0.4, 0.5) is 5.82 Å². The van der Waals surface area contributed by atoms with Gasteiger partial charge in [0.1, 0.15) is 23.3 Å². The van der Waals surface area contributed by atoms with Crippen molar-refractivity contribution < 1.29 is 9.53 Å². The van der Waals surface area contributed by atoms with Crippen LogP contribution in [0, 0.1) is 0 Å². The van der Waals surface area contributed by atoms with Crippen molar-refractivity contribution in [1.82, 2.24) is 9.97 Å². The van der Waals surface area contributed by atoms with Crippen LogP contribution in [0.3, 0.4) is 0 Å². The van der Waals surface area contributed by atoms with Gasteiger partial charge in [0.15, 0.2) is 0 Å². The highest BCUT2D eigenvalue weighted by atomic mass is 35.5. The quantitative estimate of drug-likeness (QED) is 0.826. The molecule has 1 aromatic rings. The number of hydrogen-bond donors (Lipinski definition) is 1. The fraction of sp³-hybridized carbons (Fsp3) is 0.583. The van der Waals surface area contributed by atoms with E-state index in [2.05, 4.69) is 16.9 Å². The Balaban J connectivity index is 2.38. The zero-order chi connectivity index (χ0) is 13.8. The maximum absolute atomic E-state index is 11.5. The molecule has 0 aliphatic carbocycles. The molecule has 104 valence electrons. The SMILES string of the molecule is CCCc1c(Cl)ncnc1N1CCOCC1C(N)=O. The summed E-state index contributed by atoms with van der Waals surface area (Å²) in [6, 6.07) is -0.504. The second-order valence-corrected chi connectivity index (χ2v) is 4.76. The molecular formula is C12H17ClN4O2. The van der Waals surface area contributed by atoms with Crippen molar-refractivity contribution >= 4 is 23.3 Å². The summed E-state index contributed by atoms with van der Waals surface area (Å²) in [6.45, 7) is 3.44. The highest BCUT2D eigenvalue weighted by molar-refractivity contribution is 6.30. The minimum Gasteiger partial charge on any atom is -0.377 e. The molecule has 6 nitrogen and oxygen atoms in total. The van der Waals surface area contributed by atoms with Crippen molar-refractivity contribution in [2.24, 2.45) is 5.73 Å². The lowest BCUT2D eigenvalue weighted by molar-refractivity contribution is -0.121. The lowest BCUT2D eigenvalue weighted by Gasteiger charge is -2.35. The van der Waals surface area contributed by atoms with Crippen molar-refractivity contribution in [2.45, 2.75) is 25.8 Å². The maximum atomic E-state index is 11.5. The average molecular weight is 285 g/mol. The first kappa shape index (κ1) is 14.0. The molecule has 2 N–H and O–H groups in total. The first-order valence-corrected chi connectivity index (χ1v) is 6.66. The summed E-state index contributed by atoms with van der Waals surface area (Å²) < 4.78 is 5.31. The van der Waals surface area contributed by atoms with Crippen LogP contribution in [0.5, 0.6) is 0 Å². The highest BCUT2D eigenvalue weighted by Gasteiger charge is 2.30. The van der Waals surface area contributed by atoms with Gasteiger partial charge in [-0.15, -0.1) is 0 Å². The summed E-state index contributed by atoms with van der Waals surface area (Å²) in [5, 5.41) is 0.432. The molecule has 1 saturated heterocycles. The number of halogens is 1. The van der Waals surface area contributed by atoms with Gasteiger partial charge in [-0.1, -0.05) is 24.9 Å². The molecule has 2 heterocycles. The molecule has 1 fully saturated rings. The first-order chi connectivity index (χ1) is 9.15. The number of primary amides is 1. The standard InChI is InChI=1S/C12H17ClN4O2/c1-2-3-8-10(13)15-7-16-12(8)17-4-5-19-6-9(17)11(14)18/h7,9H,2-6H2,1H3,(H2,14,18). The van der Waals surface area contributed by atoms with E-state index in [1.807, 2.05) is 4.90 Å². The maximum Gasteiger partial charge on any atom is 0.242 e. The fourth-order valence-corrected chi connectivity index (χ4v) is 2.41. The Kier molecular flexibility index (Phi) is 4.55. The number of hydrogen-bond acceptors (Lipinski definition) is 5. The molecule has 2 rings (SSSR count). The lowest BCUT2D eigenvalue weighted by atomic mass is 10.1. The molecule has 1 atom stereocenters. The van der Waals surface area contributed by atoms with E-state index in [0.29, 0.717) is 24.1 Å². The van der Waals surface area contributed by atoms with Gasteiger partial charge >= 0.3 is 0 Å². The molecule has 1 aliphatic rings. The summed E-state index contributed by atoms with van der Waals surface area (Å²) in [7, 11) is 0. The molecule has 0 saturated carbocycles. The summed E-state index contributed by atoms with van der Waals surface area (Å²) in [5.41, 5.74) is 6.28. The van der Waals surface area contributed by atoms with E-state index in [1.165, 1.54) is 6.33 Å². The molecule has 1 aliphatic heterocycles. The molecular weight excluding hydrogens is 268 g/mol. The molecule has 1 amide bonds. The van der Waals surface area contributed by atoms with Gasteiger partial charge in [-0.05, 0) is 6.42 Å². The first-order valence-electron chi connectivity index (χ1n) is 6.28. The van der Waals surface area contributed by atoms with Crippen LogP contribution in [0.25, 0.3) is 0 Å². The zero-order valence-electron chi connectivity index (χ0n) is 10.8. The van der Waals surface area contributed by atoms with Gasteiger partial charge in [-0.25, -0.2) is 9.97 Å². The van der Waals surface area contributed by atoms with E-state index in [4.69, 9.17) is 22.1 Å². The van der Waals surface area contributed by atoms with Gasteiger partial charge in [0, 0.05) is 12.1 Å². The van der Waals surface area contributed by atoms with Crippen molar-refractivity contribution in [1.29, 1.82) is 0 Å². The average Bonchev–Trinajstić information content (AvgIpc) is 2.41. The minimum atomic E-state index is -0.504. The highest BCUT2D eigenvalue weighted by Crippen LogP contribution is 2.27. The van der Waals surface area contributed by atoms with Crippen molar-refractivity contribution in [3.63, 3.8) is 0 Å². The Morgan fingerprint density at radius 2 is 2.42 bits per heavy atom. The third kappa shape index (κ3) is 2.96. The minimum absolute atomic E-state index is 0.280. The zero-order valence-corrected chi connectivity index (χ0v) is 11.6. The largest absolute Gasteiger partial charge is 0.377 e. The van der Waals surface area contributed by atoms with E-state index >= 15 is 0 Å². The third-order valence-corrected chi connectivity index (χ3v) is 3.42. The summed E-state index contributed by atoms with van der Waals surface area (Å²) in [4.78, 5) is 21.7. The smallest absolute Gasteiger partial charge is 0.242 e. The van der Waals surface area contributed by atoms with Gasteiger partial charge in [-0.3, -0.25) is 4.79 Å². The molecule has 0 radical (unpaired) electrons. The second kappa shape index (κ2) is 6.16. The number of nitrogens with zero attached hydrogens (tertiary/aromatic N) is 3. The third-order valence-electron chi connectivity index (χ3n) is 3.10. The van der Waals surface area contributed by atoms with Gasteiger partial charge in [0.25, 0.3) is 0 Å². The number of amides is 1. The van der Waals surface area contributed by atoms with Crippen LogP contribution in [-0.4, -0.2) is 41.7 Å². The number of nitrogens with two attached hydrogens (primary N) is 1. The fourth-order valence-electron chi connectivity index (χ4n) is 2.19. The van der Waals surface area contributed by atoms with Crippen LogP contribution >= 0.6 is 11.6 Å². The number of anilines is 1. The van der Waals surface area contributed by atoms with Gasteiger partial charge < -0.3 is 15.4 Å². The Hall–Kier alpha value is -1.40. The number of rotatable bonds is 4. The molecule has 0 bridgehead atoms. The molecule has 1 unspecified atom stereocenters. The number of aromatic nitrogens is 2. The second-order valence-electron chi connectivity index (χ2n) is 4.40. The molecule has 19 heavy (non-hydrogen) atoms. The number of ether oxygens (including phenoxy) is 1. The monoisotopic (exact) mass is 284 g/mol. The van der Waals surface area contributed by atoms with Gasteiger partial charge in [0.05, 0.1) is 13.2 Å². The Morgan fingerprint density at radius 3 is 3.11 bits per heavy atom. The van der Waals surface area contributed by atoms with Crippen molar-refractivity contribution in [3.05, 3.63) is 17.0 Å². The Bertz CT molecular complexity index is 469. The van der Waals surface area contributed by atoms with Crippen molar-refractivity contribution in [2.75, 3.05) is 24.7 Å². The number of carbonyl (C=O) groups excluding carboxylic acids is 1. The number of morpholine rings is 1. The molecule has 1 aromatic heterocycles. The Morgan fingerprint density at radius 1 is 1.63 bits per heavy atom. The van der Waals surface area contributed by atoms with Gasteiger partial charge in [0.2, 0.25) is 5.91 Å². The van der Waals surface area contributed by atoms with Gasteiger partial charge in [-0.2, -0.15) is 0 Å². The summed E-state index contributed by atoms with van der Waals surface area (Å²) in [5.74, 6) is 0.269. The van der Waals surface area contributed by atoms with E-state index in [1.54, 1.807) is 0 Å². The molecule has 0 spiro atoms. The predicted molar refractivity (Wildman–Crippen MR) is 72.2 cm³/mol. The van der Waals surface area contributed by atoms with Crippen LogP contribution < -0.4 is 10.6 Å². The number of carbonyl (C=O) groups is 1. The van der Waals surface area contributed by atoms with Crippen LogP contribution in [-0.2, 0) is 16.0 Å². The molecule has 0 aromatic carbocycles. The summed E-state index contributed by atoms with van der Waals surface area (Å²) >= 11 is 6.13. The van der Waals surface area contributed by atoms with E-state index in [9.17, 15) is 4.79 Å². The van der Waals surface area contributed by atoms with E-state index < -0.39 is 11.9 Å². The van der Waals surface area contributed by atoms with Crippen LogP contribution in [0.2, 0.25) is 5.15 Å².